The molecule has 8 nitrogen and oxygen atoms in total. The Morgan fingerprint density at radius 3 is 1.97 bits per heavy atom. The largest absolute Gasteiger partial charge is 0.340 e. The van der Waals surface area contributed by atoms with Gasteiger partial charge in [-0.1, -0.05) is 17.7 Å². The number of aromatic nitrogens is 3. The lowest BCUT2D eigenvalue weighted by Crippen LogP contribution is -2.26. The second kappa shape index (κ2) is 9.35. The van der Waals surface area contributed by atoms with E-state index in [1.807, 2.05) is 56.3 Å². The number of benzene rings is 2. The molecule has 0 atom stereocenters. The predicted molar refractivity (Wildman–Crippen MR) is 131 cm³/mol. The predicted octanol–water partition coefficient (Wildman–Crippen LogP) is 4.53. The fourth-order valence-corrected chi connectivity index (χ4v) is 3.23. The van der Waals surface area contributed by atoms with Crippen molar-refractivity contribution >= 4 is 34.6 Å². The molecule has 0 unspecified atom stereocenters. The maximum Gasteiger partial charge on any atom is 0.263 e. The minimum absolute atomic E-state index is 0.0901. The number of hydrogen-bond acceptors (Lipinski definition) is 6. The molecule has 3 N–H and O–H groups in total. The fourth-order valence-electron chi connectivity index (χ4n) is 3.23. The van der Waals surface area contributed by atoms with Gasteiger partial charge in [0.2, 0.25) is 0 Å². The second-order valence-corrected chi connectivity index (χ2v) is 7.67. The van der Waals surface area contributed by atoms with Gasteiger partial charge in [0.15, 0.2) is 0 Å². The summed E-state index contributed by atoms with van der Waals surface area (Å²) >= 11 is 0. The van der Waals surface area contributed by atoms with Crippen molar-refractivity contribution in [2.24, 2.45) is 7.05 Å². The third kappa shape index (κ3) is 5.43. The maximum absolute atomic E-state index is 12.4. The summed E-state index contributed by atoms with van der Waals surface area (Å²) in [5, 5.41) is 9.29. The molecule has 4 aromatic rings. The molecular weight excluding hydrogens is 416 g/mol. The standard InChI is InChI=1S/C25H24N6O2/c1-16-6-8-18(9-7-16)28-22-15-23(27-17(2)26-22)29-19-10-12-20(13-11-19)30-24(32)21-5-4-14-31(3)25(21)33/h4-15H,1-3H3,(H,30,32)(H2,26,27,28,29). The van der Waals surface area contributed by atoms with Gasteiger partial charge in [-0.05, 0) is 62.4 Å². The van der Waals surface area contributed by atoms with Crippen LogP contribution in [-0.4, -0.2) is 20.4 Å². The van der Waals surface area contributed by atoms with Gasteiger partial charge in [0.05, 0.1) is 0 Å². The van der Waals surface area contributed by atoms with E-state index in [-0.39, 0.29) is 11.1 Å². The Kier molecular flexibility index (Phi) is 6.17. The molecule has 0 saturated carbocycles. The molecule has 4 rings (SSSR count). The number of pyridine rings is 1. The van der Waals surface area contributed by atoms with Gasteiger partial charge in [-0.25, -0.2) is 9.97 Å². The van der Waals surface area contributed by atoms with E-state index in [9.17, 15) is 9.59 Å². The summed E-state index contributed by atoms with van der Waals surface area (Å²) in [4.78, 5) is 33.4. The summed E-state index contributed by atoms with van der Waals surface area (Å²) < 4.78 is 1.37. The second-order valence-electron chi connectivity index (χ2n) is 7.67. The fraction of sp³-hybridized carbons (Fsp3) is 0.120. The summed E-state index contributed by atoms with van der Waals surface area (Å²) in [7, 11) is 1.61. The smallest absolute Gasteiger partial charge is 0.263 e. The number of anilines is 5. The Bertz CT molecular complexity index is 1340. The van der Waals surface area contributed by atoms with Crippen LogP contribution in [0.2, 0.25) is 0 Å². The highest BCUT2D eigenvalue weighted by Crippen LogP contribution is 2.22. The minimum Gasteiger partial charge on any atom is -0.340 e. The van der Waals surface area contributed by atoms with Crippen LogP contribution < -0.4 is 21.5 Å². The van der Waals surface area contributed by atoms with Crippen LogP contribution >= 0.6 is 0 Å². The first kappa shape index (κ1) is 21.8. The molecule has 0 aliphatic heterocycles. The number of amides is 1. The Balaban J connectivity index is 1.45. The third-order valence-corrected chi connectivity index (χ3v) is 4.95. The number of hydrogen-bond donors (Lipinski definition) is 3. The number of rotatable bonds is 6. The number of carbonyl (C=O) groups is 1. The molecule has 0 saturated heterocycles. The third-order valence-electron chi connectivity index (χ3n) is 4.95. The van der Waals surface area contributed by atoms with Gasteiger partial charge in [0, 0.05) is 36.4 Å². The summed E-state index contributed by atoms with van der Waals surface area (Å²) in [5.41, 5.74) is 3.25. The first-order chi connectivity index (χ1) is 15.9. The highest BCUT2D eigenvalue weighted by atomic mass is 16.2. The van der Waals surface area contributed by atoms with Crippen LogP contribution in [0.25, 0.3) is 0 Å². The molecule has 166 valence electrons. The maximum atomic E-state index is 12.4. The molecular formula is C25H24N6O2. The molecule has 0 aliphatic rings. The molecule has 0 bridgehead atoms. The lowest BCUT2D eigenvalue weighted by atomic mass is 10.2. The van der Waals surface area contributed by atoms with Crippen molar-refractivity contribution in [2.45, 2.75) is 13.8 Å². The van der Waals surface area contributed by atoms with Gasteiger partial charge in [-0.2, -0.15) is 0 Å². The van der Waals surface area contributed by atoms with E-state index >= 15 is 0 Å². The molecule has 2 heterocycles. The highest BCUT2D eigenvalue weighted by molar-refractivity contribution is 6.04. The number of aryl methyl sites for hydroxylation is 3. The van der Waals surface area contributed by atoms with E-state index in [1.165, 1.54) is 16.2 Å². The average molecular weight is 441 g/mol. The normalized spacial score (nSPS) is 10.5. The number of nitrogens with zero attached hydrogens (tertiary/aromatic N) is 3. The van der Waals surface area contributed by atoms with Crippen molar-refractivity contribution in [3.63, 3.8) is 0 Å². The summed E-state index contributed by atoms with van der Waals surface area (Å²) in [6.45, 7) is 3.87. The topological polar surface area (TPSA) is 101 Å². The summed E-state index contributed by atoms with van der Waals surface area (Å²) in [6, 6.07) is 20.2. The first-order valence-corrected chi connectivity index (χ1v) is 10.4. The molecule has 0 fully saturated rings. The molecule has 33 heavy (non-hydrogen) atoms. The molecule has 0 aliphatic carbocycles. The van der Waals surface area contributed by atoms with Crippen molar-refractivity contribution < 1.29 is 4.79 Å². The van der Waals surface area contributed by atoms with Crippen LogP contribution in [0.15, 0.2) is 77.7 Å². The summed E-state index contributed by atoms with van der Waals surface area (Å²) in [6.07, 6.45) is 1.61. The number of carbonyl (C=O) groups excluding carboxylic acids is 1. The first-order valence-electron chi connectivity index (χ1n) is 10.4. The Labute approximate surface area is 191 Å². The van der Waals surface area contributed by atoms with Crippen LogP contribution in [0.4, 0.5) is 28.7 Å². The lowest BCUT2D eigenvalue weighted by Gasteiger charge is -2.11. The SMILES string of the molecule is Cc1ccc(Nc2cc(Nc3ccc(NC(=O)c4cccn(C)c4=O)cc3)nc(C)n2)cc1. The zero-order chi connectivity index (χ0) is 23.4. The van der Waals surface area contributed by atoms with Gasteiger partial charge in [-0.15, -0.1) is 0 Å². The minimum atomic E-state index is -0.449. The average Bonchev–Trinajstić information content (AvgIpc) is 2.78. The van der Waals surface area contributed by atoms with Gasteiger partial charge in [-0.3, -0.25) is 9.59 Å². The quantitative estimate of drug-likeness (QED) is 0.407. The zero-order valence-electron chi connectivity index (χ0n) is 18.6. The Morgan fingerprint density at radius 2 is 1.36 bits per heavy atom. The van der Waals surface area contributed by atoms with E-state index in [4.69, 9.17) is 0 Å². The van der Waals surface area contributed by atoms with Crippen LogP contribution in [0.3, 0.4) is 0 Å². The van der Waals surface area contributed by atoms with Gasteiger partial charge in [0.25, 0.3) is 11.5 Å². The molecule has 2 aromatic carbocycles. The van der Waals surface area contributed by atoms with Crippen molar-refractivity contribution in [3.05, 3.63) is 100 Å². The monoisotopic (exact) mass is 440 g/mol. The Morgan fingerprint density at radius 1 is 0.818 bits per heavy atom. The van der Waals surface area contributed by atoms with Gasteiger partial charge in [0.1, 0.15) is 23.0 Å². The highest BCUT2D eigenvalue weighted by Gasteiger charge is 2.11. The van der Waals surface area contributed by atoms with Gasteiger partial charge < -0.3 is 20.5 Å². The molecule has 0 radical (unpaired) electrons. The van der Waals surface area contributed by atoms with Crippen molar-refractivity contribution in [1.82, 2.24) is 14.5 Å². The van der Waals surface area contributed by atoms with Crippen LogP contribution in [0.5, 0.6) is 0 Å². The van der Waals surface area contributed by atoms with Crippen molar-refractivity contribution in [2.75, 3.05) is 16.0 Å². The molecule has 0 spiro atoms. The lowest BCUT2D eigenvalue weighted by molar-refractivity contribution is 0.102. The van der Waals surface area contributed by atoms with Crippen molar-refractivity contribution in [1.29, 1.82) is 0 Å². The summed E-state index contributed by atoms with van der Waals surface area (Å²) in [5.74, 6) is 1.50. The molecule has 2 aromatic heterocycles. The van der Waals surface area contributed by atoms with E-state index in [2.05, 4.69) is 25.9 Å². The van der Waals surface area contributed by atoms with E-state index in [1.54, 1.807) is 31.4 Å². The number of nitrogens with one attached hydrogen (secondary N) is 3. The van der Waals surface area contributed by atoms with E-state index in [0.717, 1.165) is 11.4 Å². The van der Waals surface area contributed by atoms with Crippen molar-refractivity contribution in [3.8, 4) is 0 Å². The molecule has 8 heteroatoms. The van der Waals surface area contributed by atoms with Crippen LogP contribution in [0, 0.1) is 13.8 Å². The Hall–Kier alpha value is -4.46. The van der Waals surface area contributed by atoms with Crippen LogP contribution in [0.1, 0.15) is 21.7 Å². The van der Waals surface area contributed by atoms with Gasteiger partial charge >= 0.3 is 0 Å². The zero-order valence-corrected chi connectivity index (χ0v) is 18.6. The van der Waals surface area contributed by atoms with E-state index in [0.29, 0.717) is 23.1 Å². The molecule has 1 amide bonds. The van der Waals surface area contributed by atoms with E-state index < -0.39 is 5.91 Å². The van der Waals surface area contributed by atoms with Crippen LogP contribution in [-0.2, 0) is 7.05 Å².